The summed E-state index contributed by atoms with van der Waals surface area (Å²) in [5, 5.41) is 13.0. The van der Waals surface area contributed by atoms with E-state index in [4.69, 9.17) is 5.11 Å². The Morgan fingerprint density at radius 2 is 1.94 bits per heavy atom. The Bertz CT molecular complexity index is 280. The molecule has 1 unspecified atom stereocenters. The molecule has 16 heavy (non-hydrogen) atoms. The highest BCUT2D eigenvalue weighted by Gasteiger charge is 2.14. The largest absolute Gasteiger partial charge is 0.480 e. The second-order valence-corrected chi connectivity index (χ2v) is 3.29. The van der Waals surface area contributed by atoms with Crippen LogP contribution in [0.4, 0.5) is 4.79 Å². The van der Waals surface area contributed by atoms with Gasteiger partial charge in [0.15, 0.2) is 0 Å². The first-order valence-electron chi connectivity index (χ1n) is 4.89. The minimum atomic E-state index is -1.13. The Labute approximate surface area is 93.8 Å². The van der Waals surface area contributed by atoms with Gasteiger partial charge in [0.25, 0.3) is 0 Å². The zero-order valence-corrected chi connectivity index (χ0v) is 9.61. The SMILES string of the molecule is CCN(C)C(=O)CNC(=O)NC(C)C(=O)O. The fourth-order valence-corrected chi connectivity index (χ4v) is 0.777. The van der Waals surface area contributed by atoms with Gasteiger partial charge in [0.05, 0.1) is 6.54 Å². The summed E-state index contributed by atoms with van der Waals surface area (Å²) in [6.07, 6.45) is 0. The Morgan fingerprint density at radius 3 is 2.38 bits per heavy atom. The highest BCUT2D eigenvalue weighted by Crippen LogP contribution is 1.83. The number of rotatable bonds is 5. The average Bonchev–Trinajstić information content (AvgIpc) is 2.24. The van der Waals surface area contributed by atoms with Gasteiger partial charge in [-0.05, 0) is 13.8 Å². The predicted octanol–water partition coefficient (Wildman–Crippen LogP) is -0.763. The summed E-state index contributed by atoms with van der Waals surface area (Å²) in [5.74, 6) is -1.37. The average molecular weight is 231 g/mol. The third kappa shape index (κ3) is 5.18. The molecule has 0 aromatic heterocycles. The zero-order chi connectivity index (χ0) is 12.7. The number of nitrogens with zero attached hydrogens (tertiary/aromatic N) is 1. The van der Waals surface area contributed by atoms with Crippen molar-refractivity contribution in [1.29, 1.82) is 0 Å². The van der Waals surface area contributed by atoms with Crippen molar-refractivity contribution < 1.29 is 19.5 Å². The van der Waals surface area contributed by atoms with Crippen LogP contribution in [-0.2, 0) is 9.59 Å². The summed E-state index contributed by atoms with van der Waals surface area (Å²) in [7, 11) is 1.61. The number of likely N-dealkylation sites (N-methyl/N-ethyl adjacent to an activating group) is 1. The molecular weight excluding hydrogens is 214 g/mol. The summed E-state index contributed by atoms with van der Waals surface area (Å²) in [5.41, 5.74) is 0. The molecule has 7 nitrogen and oxygen atoms in total. The molecule has 0 fully saturated rings. The summed E-state index contributed by atoms with van der Waals surface area (Å²) in [6.45, 7) is 3.54. The molecule has 0 aliphatic heterocycles. The molecule has 0 aromatic carbocycles. The normalized spacial score (nSPS) is 11.4. The van der Waals surface area contributed by atoms with Crippen molar-refractivity contribution in [3.05, 3.63) is 0 Å². The van der Waals surface area contributed by atoms with Crippen molar-refractivity contribution in [2.24, 2.45) is 0 Å². The topological polar surface area (TPSA) is 98.7 Å². The highest BCUT2D eigenvalue weighted by atomic mass is 16.4. The van der Waals surface area contributed by atoms with Gasteiger partial charge in [0, 0.05) is 13.6 Å². The van der Waals surface area contributed by atoms with Gasteiger partial charge in [-0.25, -0.2) is 4.79 Å². The maximum absolute atomic E-state index is 11.3. The molecule has 7 heteroatoms. The number of carbonyl (C=O) groups excluding carboxylic acids is 2. The Balaban J connectivity index is 3.90. The first-order valence-corrected chi connectivity index (χ1v) is 4.89. The van der Waals surface area contributed by atoms with Crippen LogP contribution in [0.1, 0.15) is 13.8 Å². The second kappa shape index (κ2) is 6.65. The van der Waals surface area contributed by atoms with Crippen molar-refractivity contribution in [3.63, 3.8) is 0 Å². The minimum absolute atomic E-state index is 0.150. The first kappa shape index (κ1) is 14.2. The van der Waals surface area contributed by atoms with Gasteiger partial charge >= 0.3 is 12.0 Å². The molecule has 0 rings (SSSR count). The molecule has 0 spiro atoms. The lowest BCUT2D eigenvalue weighted by Gasteiger charge is -2.15. The Kier molecular flexibility index (Phi) is 5.91. The molecule has 0 saturated heterocycles. The summed E-state index contributed by atoms with van der Waals surface area (Å²) >= 11 is 0. The second-order valence-electron chi connectivity index (χ2n) is 3.29. The van der Waals surface area contributed by atoms with E-state index in [2.05, 4.69) is 10.6 Å². The molecule has 0 radical (unpaired) electrons. The van der Waals surface area contributed by atoms with E-state index in [9.17, 15) is 14.4 Å². The number of carboxylic acid groups (broad SMARTS) is 1. The van der Waals surface area contributed by atoms with Gasteiger partial charge in [0.2, 0.25) is 5.91 Å². The highest BCUT2D eigenvalue weighted by molar-refractivity contribution is 5.86. The predicted molar refractivity (Wildman–Crippen MR) is 56.9 cm³/mol. The van der Waals surface area contributed by atoms with E-state index in [1.807, 2.05) is 6.92 Å². The number of carbonyl (C=O) groups is 3. The first-order chi connectivity index (χ1) is 7.38. The van der Waals surface area contributed by atoms with Gasteiger partial charge in [-0.3, -0.25) is 9.59 Å². The number of urea groups is 1. The molecular formula is C9H17N3O4. The fourth-order valence-electron chi connectivity index (χ4n) is 0.777. The molecule has 0 heterocycles. The Hall–Kier alpha value is -1.79. The maximum Gasteiger partial charge on any atom is 0.325 e. The van der Waals surface area contributed by atoms with Crippen LogP contribution < -0.4 is 10.6 Å². The van der Waals surface area contributed by atoms with Crippen molar-refractivity contribution in [3.8, 4) is 0 Å². The molecule has 3 N–H and O–H groups in total. The minimum Gasteiger partial charge on any atom is -0.480 e. The van der Waals surface area contributed by atoms with Crippen LogP contribution >= 0.6 is 0 Å². The van der Waals surface area contributed by atoms with Crippen molar-refractivity contribution >= 4 is 17.9 Å². The lowest BCUT2D eigenvalue weighted by Crippen LogP contribution is -2.47. The van der Waals surface area contributed by atoms with E-state index in [-0.39, 0.29) is 12.5 Å². The number of amides is 3. The van der Waals surface area contributed by atoms with Crippen molar-refractivity contribution in [1.82, 2.24) is 15.5 Å². The standard InChI is InChI=1S/C9H17N3O4/c1-4-12(3)7(13)5-10-9(16)11-6(2)8(14)15/h6H,4-5H2,1-3H3,(H,14,15)(H2,10,11,16). The smallest absolute Gasteiger partial charge is 0.325 e. The molecule has 1 atom stereocenters. The van der Waals surface area contributed by atoms with E-state index in [0.29, 0.717) is 6.54 Å². The van der Waals surface area contributed by atoms with Crippen molar-refractivity contribution in [2.45, 2.75) is 19.9 Å². The molecule has 0 aromatic rings. The molecule has 0 bridgehead atoms. The van der Waals surface area contributed by atoms with E-state index >= 15 is 0 Å². The number of nitrogens with one attached hydrogen (secondary N) is 2. The van der Waals surface area contributed by atoms with Crippen LogP contribution in [0.5, 0.6) is 0 Å². The van der Waals surface area contributed by atoms with Crippen LogP contribution in [0.2, 0.25) is 0 Å². The summed E-state index contributed by atoms with van der Waals surface area (Å²) in [4.78, 5) is 34.2. The zero-order valence-electron chi connectivity index (χ0n) is 9.61. The van der Waals surface area contributed by atoms with E-state index < -0.39 is 18.0 Å². The third-order valence-corrected chi connectivity index (χ3v) is 2.02. The number of hydrogen-bond acceptors (Lipinski definition) is 3. The lowest BCUT2D eigenvalue weighted by atomic mass is 10.3. The van der Waals surface area contributed by atoms with Crippen molar-refractivity contribution in [2.75, 3.05) is 20.1 Å². The van der Waals surface area contributed by atoms with Gasteiger partial charge in [-0.15, -0.1) is 0 Å². The number of carboxylic acids is 1. The van der Waals surface area contributed by atoms with E-state index in [1.54, 1.807) is 7.05 Å². The Morgan fingerprint density at radius 1 is 1.38 bits per heavy atom. The van der Waals surface area contributed by atoms with Crippen LogP contribution in [0, 0.1) is 0 Å². The molecule has 3 amide bonds. The summed E-state index contributed by atoms with van der Waals surface area (Å²) in [6, 6.07) is -1.66. The molecule has 0 saturated carbocycles. The fraction of sp³-hybridized carbons (Fsp3) is 0.667. The number of aliphatic carboxylic acids is 1. The molecule has 92 valence electrons. The monoisotopic (exact) mass is 231 g/mol. The van der Waals surface area contributed by atoms with Crippen LogP contribution in [-0.4, -0.2) is 54.1 Å². The quantitative estimate of drug-likeness (QED) is 0.579. The van der Waals surface area contributed by atoms with Crippen LogP contribution in [0.15, 0.2) is 0 Å². The molecule has 0 aliphatic carbocycles. The van der Waals surface area contributed by atoms with Gasteiger partial charge < -0.3 is 20.6 Å². The van der Waals surface area contributed by atoms with Gasteiger partial charge in [-0.2, -0.15) is 0 Å². The van der Waals surface area contributed by atoms with Gasteiger partial charge in [0.1, 0.15) is 6.04 Å². The van der Waals surface area contributed by atoms with Crippen LogP contribution in [0.3, 0.4) is 0 Å². The summed E-state index contributed by atoms with van der Waals surface area (Å²) < 4.78 is 0. The molecule has 0 aliphatic rings. The number of hydrogen-bond donors (Lipinski definition) is 3. The van der Waals surface area contributed by atoms with Gasteiger partial charge in [-0.1, -0.05) is 0 Å². The third-order valence-electron chi connectivity index (χ3n) is 2.02. The van der Waals surface area contributed by atoms with E-state index in [1.165, 1.54) is 11.8 Å². The van der Waals surface area contributed by atoms with Crippen LogP contribution in [0.25, 0.3) is 0 Å². The maximum atomic E-state index is 11.3. The van der Waals surface area contributed by atoms with E-state index in [0.717, 1.165) is 0 Å². The lowest BCUT2D eigenvalue weighted by molar-refractivity contribution is -0.138.